The number of benzene rings is 1. The molecule has 17 heavy (non-hydrogen) atoms. The molecule has 1 aromatic carbocycles. The van der Waals surface area contributed by atoms with E-state index in [0.717, 1.165) is 16.5 Å². The molecule has 0 spiro atoms. The van der Waals surface area contributed by atoms with Gasteiger partial charge in [0.15, 0.2) is 0 Å². The van der Waals surface area contributed by atoms with E-state index in [1.165, 1.54) is 16.1 Å². The summed E-state index contributed by atoms with van der Waals surface area (Å²) in [7, 11) is -1.52. The zero-order valence-corrected chi connectivity index (χ0v) is 12.3. The molecule has 2 rings (SSSR count). The summed E-state index contributed by atoms with van der Waals surface area (Å²) in [5, 5.41) is 0. The molecule has 0 heterocycles. The topological polar surface area (TPSA) is 37.4 Å². The quantitative estimate of drug-likeness (QED) is 0.856. The predicted octanol–water partition coefficient (Wildman–Crippen LogP) is 2.53. The highest BCUT2D eigenvalue weighted by atomic mass is 79.9. The number of halogens is 1. The van der Waals surface area contributed by atoms with E-state index >= 15 is 0 Å². The third kappa shape index (κ3) is 3.30. The average molecular weight is 317 g/mol. The van der Waals surface area contributed by atoms with Gasteiger partial charge >= 0.3 is 0 Å². The van der Waals surface area contributed by atoms with Gasteiger partial charge < -0.3 is 0 Å². The van der Waals surface area contributed by atoms with Crippen LogP contribution in [0.4, 0.5) is 0 Å². The lowest BCUT2D eigenvalue weighted by Crippen LogP contribution is -2.25. The van der Waals surface area contributed by atoms with Crippen LogP contribution in [-0.2, 0) is 16.6 Å². The van der Waals surface area contributed by atoms with Gasteiger partial charge in [0.05, 0.1) is 6.26 Å². The van der Waals surface area contributed by atoms with Gasteiger partial charge in [0, 0.05) is 18.1 Å². The van der Waals surface area contributed by atoms with E-state index in [9.17, 15) is 8.42 Å². The predicted molar refractivity (Wildman–Crippen MR) is 72.1 cm³/mol. The van der Waals surface area contributed by atoms with Crippen molar-refractivity contribution >= 4 is 26.0 Å². The molecular weight excluding hydrogens is 302 g/mol. The highest BCUT2D eigenvalue weighted by Crippen LogP contribution is 2.41. The van der Waals surface area contributed by atoms with E-state index in [2.05, 4.69) is 28.4 Å². The number of sulfonamides is 1. The molecule has 1 radical (unpaired) electrons. The van der Waals surface area contributed by atoms with Gasteiger partial charge in [-0.05, 0) is 42.0 Å². The van der Waals surface area contributed by atoms with Crippen LogP contribution >= 0.6 is 15.9 Å². The van der Waals surface area contributed by atoms with Crippen LogP contribution in [0.2, 0.25) is 0 Å². The second-order valence-electron chi connectivity index (χ2n) is 4.44. The molecular formula is C12H15BrNO2S. The van der Waals surface area contributed by atoms with Crippen molar-refractivity contribution in [1.29, 1.82) is 0 Å². The van der Waals surface area contributed by atoms with Crippen molar-refractivity contribution in [2.45, 2.75) is 18.9 Å². The highest BCUT2D eigenvalue weighted by Gasteiger charge is 2.27. The Hall–Kier alpha value is -0.390. The monoisotopic (exact) mass is 316 g/mol. The minimum absolute atomic E-state index is 0.429. The first-order chi connectivity index (χ1) is 7.88. The van der Waals surface area contributed by atoms with Crippen LogP contribution in [0.3, 0.4) is 0 Å². The number of hydrogen-bond acceptors (Lipinski definition) is 2. The molecule has 0 N–H and O–H groups in total. The minimum atomic E-state index is -3.13. The van der Waals surface area contributed by atoms with Crippen molar-refractivity contribution in [2.24, 2.45) is 0 Å². The van der Waals surface area contributed by atoms with Crippen molar-refractivity contribution in [2.75, 3.05) is 13.3 Å². The van der Waals surface area contributed by atoms with Gasteiger partial charge in [0.1, 0.15) is 0 Å². The maximum atomic E-state index is 11.4. The second-order valence-corrected chi connectivity index (χ2v) is 7.45. The molecule has 5 heteroatoms. The first-order valence-corrected chi connectivity index (χ1v) is 8.05. The van der Waals surface area contributed by atoms with Crippen LogP contribution < -0.4 is 0 Å². The zero-order chi connectivity index (χ0) is 12.6. The van der Waals surface area contributed by atoms with Crippen LogP contribution in [0.15, 0.2) is 22.7 Å². The van der Waals surface area contributed by atoms with Crippen LogP contribution in [0.1, 0.15) is 23.5 Å². The molecule has 0 saturated heterocycles. The first-order valence-electron chi connectivity index (χ1n) is 5.41. The third-order valence-corrected chi connectivity index (χ3v) is 4.69. The van der Waals surface area contributed by atoms with Gasteiger partial charge in [-0.15, -0.1) is 0 Å². The molecule has 1 atom stereocenters. The fourth-order valence-corrected chi connectivity index (χ4v) is 2.53. The fraction of sp³-hybridized carbons (Fsp3) is 0.417. The van der Waals surface area contributed by atoms with E-state index < -0.39 is 10.0 Å². The van der Waals surface area contributed by atoms with Crippen molar-refractivity contribution in [3.05, 3.63) is 40.2 Å². The molecule has 1 aromatic rings. The van der Waals surface area contributed by atoms with Crippen molar-refractivity contribution in [3.63, 3.8) is 0 Å². The molecule has 1 aliphatic carbocycles. The third-order valence-electron chi connectivity index (χ3n) is 2.94. The SMILES string of the molecule is CN(Cc1cc(Br)ccc1C1[CH]C1)S(C)(=O)=O. The van der Waals surface area contributed by atoms with E-state index in [0.29, 0.717) is 12.5 Å². The normalized spacial score (nSPS) is 16.5. The van der Waals surface area contributed by atoms with Gasteiger partial charge in [-0.25, -0.2) is 12.7 Å². The van der Waals surface area contributed by atoms with Crippen LogP contribution in [0, 0.1) is 6.42 Å². The second kappa shape index (κ2) is 4.71. The Bertz CT molecular complexity index is 523. The molecule has 1 aliphatic rings. The molecule has 3 nitrogen and oxygen atoms in total. The average Bonchev–Trinajstić information content (AvgIpc) is 3.00. The molecule has 93 valence electrons. The van der Waals surface area contributed by atoms with E-state index in [1.807, 2.05) is 12.1 Å². The zero-order valence-electron chi connectivity index (χ0n) is 9.85. The van der Waals surface area contributed by atoms with Crippen molar-refractivity contribution < 1.29 is 8.42 Å². The maximum Gasteiger partial charge on any atom is 0.211 e. The molecule has 1 fully saturated rings. The Morgan fingerprint density at radius 2 is 2.12 bits per heavy atom. The van der Waals surface area contributed by atoms with Gasteiger partial charge in [0.2, 0.25) is 10.0 Å². The van der Waals surface area contributed by atoms with Gasteiger partial charge in [-0.3, -0.25) is 0 Å². The summed E-state index contributed by atoms with van der Waals surface area (Å²) in [6.45, 7) is 0.429. The Kier molecular flexibility index (Phi) is 3.61. The largest absolute Gasteiger partial charge is 0.213 e. The Labute approximate surface area is 111 Å². The van der Waals surface area contributed by atoms with E-state index in [-0.39, 0.29) is 0 Å². The van der Waals surface area contributed by atoms with Crippen LogP contribution in [0.5, 0.6) is 0 Å². The molecule has 1 saturated carbocycles. The molecule has 0 amide bonds. The van der Waals surface area contributed by atoms with E-state index in [4.69, 9.17) is 0 Å². The number of rotatable bonds is 4. The lowest BCUT2D eigenvalue weighted by Gasteiger charge is -2.17. The fourth-order valence-electron chi connectivity index (χ4n) is 1.75. The summed E-state index contributed by atoms with van der Waals surface area (Å²) in [5.74, 6) is 0.506. The van der Waals surface area contributed by atoms with Crippen molar-refractivity contribution in [1.82, 2.24) is 4.31 Å². The van der Waals surface area contributed by atoms with E-state index in [1.54, 1.807) is 7.05 Å². The highest BCUT2D eigenvalue weighted by molar-refractivity contribution is 9.10. The smallest absolute Gasteiger partial charge is 0.211 e. The van der Waals surface area contributed by atoms with Crippen LogP contribution in [-0.4, -0.2) is 26.0 Å². The summed E-state index contributed by atoms with van der Waals surface area (Å²) in [4.78, 5) is 0. The van der Waals surface area contributed by atoms with Gasteiger partial charge in [-0.1, -0.05) is 22.0 Å². The standard InChI is InChI=1S/C12H15BrNO2S/c1-14(17(2,15)16)8-10-7-11(13)5-6-12(10)9-3-4-9/h3,5-7,9H,4,8H2,1-2H3. The number of nitrogens with zero attached hydrogens (tertiary/aromatic N) is 1. The van der Waals surface area contributed by atoms with Gasteiger partial charge in [-0.2, -0.15) is 0 Å². The Balaban J connectivity index is 2.27. The summed E-state index contributed by atoms with van der Waals surface area (Å²) >= 11 is 3.43. The van der Waals surface area contributed by atoms with Crippen molar-refractivity contribution in [3.8, 4) is 0 Å². The Morgan fingerprint density at radius 3 is 2.65 bits per heavy atom. The summed E-state index contributed by atoms with van der Waals surface area (Å²) in [6, 6.07) is 6.08. The van der Waals surface area contributed by atoms with Crippen LogP contribution in [0.25, 0.3) is 0 Å². The maximum absolute atomic E-state index is 11.4. The lowest BCUT2D eigenvalue weighted by molar-refractivity contribution is 0.471. The first kappa shape index (κ1) is 13.1. The molecule has 1 unspecified atom stereocenters. The molecule has 0 bridgehead atoms. The molecule has 0 aromatic heterocycles. The van der Waals surface area contributed by atoms with Gasteiger partial charge in [0.25, 0.3) is 0 Å². The summed E-state index contributed by atoms with van der Waals surface area (Å²) in [6.07, 6.45) is 4.55. The lowest BCUT2D eigenvalue weighted by atomic mass is 10.0. The molecule has 0 aliphatic heterocycles. The number of hydrogen-bond donors (Lipinski definition) is 0. The summed E-state index contributed by atoms with van der Waals surface area (Å²) < 4.78 is 25.2. The Morgan fingerprint density at radius 1 is 1.47 bits per heavy atom. The minimum Gasteiger partial charge on any atom is -0.213 e. The summed E-state index contributed by atoms with van der Waals surface area (Å²) in [5.41, 5.74) is 2.31.